The molecule has 1 aromatic heterocycles. The summed E-state index contributed by atoms with van der Waals surface area (Å²) in [7, 11) is 0. The first-order valence-corrected chi connectivity index (χ1v) is 6.69. The van der Waals surface area contributed by atoms with Gasteiger partial charge in [0.15, 0.2) is 0 Å². The summed E-state index contributed by atoms with van der Waals surface area (Å²) < 4.78 is 0. The zero-order valence-corrected chi connectivity index (χ0v) is 11.1. The van der Waals surface area contributed by atoms with E-state index in [0.29, 0.717) is 16.6 Å². The molecule has 0 radical (unpaired) electrons. The Morgan fingerprint density at radius 2 is 2.17 bits per heavy atom. The molecular weight excluding hydrogens is 250 g/mol. The van der Waals surface area contributed by atoms with Crippen LogP contribution >= 0.6 is 11.6 Å². The number of hydrogen-bond acceptors (Lipinski definition) is 3. The Balaban J connectivity index is 1.93. The van der Waals surface area contributed by atoms with Crippen molar-refractivity contribution in [1.29, 1.82) is 0 Å². The molecule has 0 spiro atoms. The Bertz CT molecular complexity index is 399. The van der Waals surface area contributed by atoms with E-state index in [9.17, 15) is 4.79 Å². The Morgan fingerprint density at radius 1 is 1.44 bits per heavy atom. The molecule has 0 bridgehead atoms. The van der Waals surface area contributed by atoms with Crippen LogP contribution in [0.5, 0.6) is 0 Å². The second-order valence-corrected chi connectivity index (χ2v) is 5.11. The van der Waals surface area contributed by atoms with Crippen molar-refractivity contribution in [3.63, 3.8) is 0 Å². The number of amides is 1. The molecule has 1 aliphatic heterocycles. The molecule has 2 rings (SSSR count). The van der Waals surface area contributed by atoms with Crippen LogP contribution in [-0.4, -0.2) is 35.4 Å². The van der Waals surface area contributed by atoms with Gasteiger partial charge in [0.2, 0.25) is 0 Å². The smallest absolute Gasteiger partial charge is 0.272 e. The third kappa shape index (κ3) is 3.21. The van der Waals surface area contributed by atoms with Crippen molar-refractivity contribution < 1.29 is 4.79 Å². The zero-order chi connectivity index (χ0) is 13.0. The lowest BCUT2D eigenvalue weighted by molar-refractivity contribution is 0.0682. The second kappa shape index (κ2) is 6.16. The van der Waals surface area contributed by atoms with Crippen LogP contribution in [0.15, 0.2) is 18.3 Å². The minimum Gasteiger partial charge on any atom is -0.337 e. The maximum atomic E-state index is 12.2. The molecule has 1 aromatic rings. The van der Waals surface area contributed by atoms with E-state index in [1.165, 1.54) is 6.20 Å². The van der Waals surface area contributed by atoms with Crippen LogP contribution in [-0.2, 0) is 0 Å². The molecule has 0 saturated carbocycles. The quantitative estimate of drug-likeness (QED) is 0.910. The molecule has 1 saturated heterocycles. The van der Waals surface area contributed by atoms with Crippen LogP contribution in [0.4, 0.5) is 0 Å². The number of aromatic nitrogens is 1. The molecular formula is C13H18ClN3O. The van der Waals surface area contributed by atoms with Gasteiger partial charge in [0.1, 0.15) is 5.69 Å². The molecule has 4 nitrogen and oxygen atoms in total. The second-order valence-electron chi connectivity index (χ2n) is 4.67. The Morgan fingerprint density at radius 3 is 2.72 bits per heavy atom. The summed E-state index contributed by atoms with van der Waals surface area (Å²) in [4.78, 5) is 18.1. The van der Waals surface area contributed by atoms with E-state index in [1.807, 2.05) is 4.90 Å². The van der Waals surface area contributed by atoms with Crippen LogP contribution in [0.25, 0.3) is 0 Å². The molecule has 0 aromatic carbocycles. The Labute approximate surface area is 112 Å². The molecule has 0 atom stereocenters. The molecule has 0 aliphatic carbocycles. The summed E-state index contributed by atoms with van der Waals surface area (Å²) in [5, 5.41) is 0.549. The summed E-state index contributed by atoms with van der Waals surface area (Å²) in [6.45, 7) is 2.33. The molecule has 98 valence electrons. The van der Waals surface area contributed by atoms with Gasteiger partial charge in [-0.1, -0.05) is 11.6 Å². The molecule has 1 aliphatic rings. The fraction of sp³-hybridized carbons (Fsp3) is 0.538. The van der Waals surface area contributed by atoms with E-state index in [4.69, 9.17) is 17.3 Å². The fourth-order valence-corrected chi connectivity index (χ4v) is 2.44. The highest BCUT2D eigenvalue weighted by molar-refractivity contribution is 6.30. The van der Waals surface area contributed by atoms with Crippen molar-refractivity contribution in [3.05, 3.63) is 29.0 Å². The number of pyridine rings is 1. The van der Waals surface area contributed by atoms with Gasteiger partial charge in [-0.25, -0.2) is 4.98 Å². The van der Waals surface area contributed by atoms with Gasteiger partial charge in [0, 0.05) is 19.3 Å². The third-order valence-electron chi connectivity index (χ3n) is 3.42. The molecule has 2 heterocycles. The average molecular weight is 268 g/mol. The molecule has 1 fully saturated rings. The lowest BCUT2D eigenvalue weighted by Gasteiger charge is -2.31. The number of hydrogen-bond donors (Lipinski definition) is 1. The van der Waals surface area contributed by atoms with Crippen LogP contribution < -0.4 is 5.73 Å². The lowest BCUT2D eigenvalue weighted by Crippen LogP contribution is -2.39. The highest BCUT2D eigenvalue weighted by Gasteiger charge is 2.23. The average Bonchev–Trinajstić information content (AvgIpc) is 2.40. The summed E-state index contributed by atoms with van der Waals surface area (Å²) in [5.41, 5.74) is 6.03. The van der Waals surface area contributed by atoms with E-state index < -0.39 is 0 Å². The summed E-state index contributed by atoms with van der Waals surface area (Å²) in [6.07, 6.45) is 4.64. The predicted octanol–water partition coefficient (Wildman–Crippen LogP) is 1.94. The Hall–Kier alpha value is -1.13. The summed E-state index contributed by atoms with van der Waals surface area (Å²) in [6, 6.07) is 3.37. The van der Waals surface area contributed by atoms with Gasteiger partial charge in [-0.2, -0.15) is 0 Å². The molecule has 2 N–H and O–H groups in total. The van der Waals surface area contributed by atoms with Crippen molar-refractivity contribution in [3.8, 4) is 0 Å². The number of carbonyl (C=O) groups is 1. The maximum absolute atomic E-state index is 12.2. The summed E-state index contributed by atoms with van der Waals surface area (Å²) in [5.74, 6) is 0.662. The number of nitrogens with zero attached hydrogens (tertiary/aromatic N) is 2. The van der Waals surface area contributed by atoms with E-state index in [0.717, 1.165) is 38.9 Å². The first kappa shape index (κ1) is 13.3. The number of carbonyl (C=O) groups excluding carboxylic acids is 1. The van der Waals surface area contributed by atoms with Gasteiger partial charge in [-0.05, 0) is 43.9 Å². The first-order valence-electron chi connectivity index (χ1n) is 6.31. The van der Waals surface area contributed by atoms with Crippen LogP contribution in [0.3, 0.4) is 0 Å². The van der Waals surface area contributed by atoms with Crippen molar-refractivity contribution >= 4 is 17.5 Å². The van der Waals surface area contributed by atoms with Gasteiger partial charge in [0.25, 0.3) is 5.91 Å². The standard InChI is InChI=1S/C13H18ClN3O/c14-11-1-2-12(16-9-11)13(18)17-7-4-10(3-6-15)5-8-17/h1-2,9-10H,3-8,15H2. The fourth-order valence-electron chi connectivity index (χ4n) is 2.32. The van der Waals surface area contributed by atoms with E-state index in [1.54, 1.807) is 12.1 Å². The number of nitrogens with two attached hydrogens (primary N) is 1. The maximum Gasteiger partial charge on any atom is 0.272 e. The number of rotatable bonds is 3. The topological polar surface area (TPSA) is 59.2 Å². The molecule has 1 amide bonds. The molecule has 18 heavy (non-hydrogen) atoms. The minimum absolute atomic E-state index is 0.00198. The van der Waals surface area contributed by atoms with Crippen molar-refractivity contribution in [2.75, 3.05) is 19.6 Å². The van der Waals surface area contributed by atoms with Crippen molar-refractivity contribution in [2.45, 2.75) is 19.3 Å². The molecule has 0 unspecified atom stereocenters. The van der Waals surface area contributed by atoms with Gasteiger partial charge < -0.3 is 10.6 Å². The zero-order valence-electron chi connectivity index (χ0n) is 10.3. The van der Waals surface area contributed by atoms with Gasteiger partial charge in [-0.3, -0.25) is 4.79 Å². The van der Waals surface area contributed by atoms with E-state index in [2.05, 4.69) is 4.98 Å². The SMILES string of the molecule is NCCC1CCN(C(=O)c2ccc(Cl)cn2)CC1. The largest absolute Gasteiger partial charge is 0.337 e. The third-order valence-corrected chi connectivity index (χ3v) is 3.65. The van der Waals surface area contributed by atoms with Crippen molar-refractivity contribution in [2.24, 2.45) is 11.7 Å². The van der Waals surface area contributed by atoms with E-state index >= 15 is 0 Å². The Kier molecular flexibility index (Phi) is 4.55. The van der Waals surface area contributed by atoms with Gasteiger partial charge in [-0.15, -0.1) is 0 Å². The van der Waals surface area contributed by atoms with Crippen molar-refractivity contribution in [1.82, 2.24) is 9.88 Å². The van der Waals surface area contributed by atoms with Crippen LogP contribution in [0.2, 0.25) is 5.02 Å². The highest BCUT2D eigenvalue weighted by atomic mass is 35.5. The molecule has 5 heteroatoms. The van der Waals surface area contributed by atoms with Crippen LogP contribution in [0, 0.1) is 5.92 Å². The van der Waals surface area contributed by atoms with Gasteiger partial charge >= 0.3 is 0 Å². The normalized spacial score (nSPS) is 16.9. The van der Waals surface area contributed by atoms with Crippen LogP contribution in [0.1, 0.15) is 29.8 Å². The predicted molar refractivity (Wildman–Crippen MR) is 71.5 cm³/mol. The monoisotopic (exact) mass is 267 g/mol. The van der Waals surface area contributed by atoms with E-state index in [-0.39, 0.29) is 5.91 Å². The minimum atomic E-state index is -0.00198. The first-order chi connectivity index (χ1) is 8.70. The summed E-state index contributed by atoms with van der Waals surface area (Å²) >= 11 is 5.76. The number of halogens is 1. The number of likely N-dealkylation sites (tertiary alicyclic amines) is 1. The number of piperidine rings is 1. The van der Waals surface area contributed by atoms with Gasteiger partial charge in [0.05, 0.1) is 5.02 Å². The lowest BCUT2D eigenvalue weighted by atomic mass is 9.93. The highest BCUT2D eigenvalue weighted by Crippen LogP contribution is 2.21.